The molecular weight excluding hydrogens is 240 g/mol. The van der Waals surface area contributed by atoms with E-state index in [9.17, 15) is 5.11 Å². The van der Waals surface area contributed by atoms with Crippen molar-refractivity contribution in [2.45, 2.75) is 49.3 Å². The topological polar surface area (TPSA) is 20.2 Å². The summed E-state index contributed by atoms with van der Waals surface area (Å²) in [4.78, 5) is 1.47. The number of phenolic OH excluding ortho intramolecular Hbond substituents is 1. The maximum atomic E-state index is 9.96. The third-order valence-corrected chi connectivity index (χ3v) is 6.47. The van der Waals surface area contributed by atoms with Gasteiger partial charge >= 0.3 is 0 Å². The maximum Gasteiger partial charge on any atom is 0.116 e. The SMILES string of the molecule is CCC1Cc2cc(O)cc([SH](C)C)c2C12CCC2. The van der Waals surface area contributed by atoms with E-state index in [0.717, 1.165) is 5.92 Å². The van der Waals surface area contributed by atoms with Crippen LogP contribution < -0.4 is 0 Å². The van der Waals surface area contributed by atoms with Gasteiger partial charge in [-0.15, -0.1) is 0 Å². The van der Waals surface area contributed by atoms with E-state index in [1.807, 2.05) is 12.1 Å². The van der Waals surface area contributed by atoms with Crippen LogP contribution in [0.3, 0.4) is 0 Å². The van der Waals surface area contributed by atoms with Crippen LogP contribution in [0, 0.1) is 5.92 Å². The van der Waals surface area contributed by atoms with Gasteiger partial charge in [-0.05, 0) is 71.3 Å². The summed E-state index contributed by atoms with van der Waals surface area (Å²) >= 11 is 0. The van der Waals surface area contributed by atoms with Gasteiger partial charge in [0, 0.05) is 0 Å². The second-order valence-corrected chi connectivity index (χ2v) is 8.48. The molecule has 1 atom stereocenters. The van der Waals surface area contributed by atoms with Crippen molar-refractivity contribution in [3.63, 3.8) is 0 Å². The Morgan fingerprint density at radius 1 is 1.33 bits per heavy atom. The van der Waals surface area contributed by atoms with Gasteiger partial charge in [-0.25, -0.2) is 10.9 Å². The number of thiol groups is 1. The molecule has 0 aromatic heterocycles. The second kappa shape index (κ2) is 4.19. The monoisotopic (exact) mass is 264 g/mol. The molecular formula is C16H24OS. The molecule has 1 nitrogen and oxygen atoms in total. The summed E-state index contributed by atoms with van der Waals surface area (Å²) in [6.07, 6.45) is 11.2. The van der Waals surface area contributed by atoms with Gasteiger partial charge < -0.3 is 5.11 Å². The number of rotatable bonds is 2. The van der Waals surface area contributed by atoms with Crippen molar-refractivity contribution in [1.82, 2.24) is 0 Å². The smallest absolute Gasteiger partial charge is 0.116 e. The molecule has 0 saturated heterocycles. The van der Waals surface area contributed by atoms with E-state index in [1.165, 1.54) is 42.6 Å². The highest BCUT2D eigenvalue weighted by atomic mass is 32.2. The van der Waals surface area contributed by atoms with Crippen molar-refractivity contribution in [3.05, 3.63) is 23.3 Å². The van der Waals surface area contributed by atoms with Crippen LogP contribution in [0.25, 0.3) is 0 Å². The zero-order valence-electron chi connectivity index (χ0n) is 11.7. The lowest BCUT2D eigenvalue weighted by Crippen LogP contribution is -2.39. The molecule has 1 unspecified atom stereocenters. The largest absolute Gasteiger partial charge is 0.508 e. The summed E-state index contributed by atoms with van der Waals surface area (Å²) in [6.45, 7) is 2.33. The van der Waals surface area contributed by atoms with E-state index < -0.39 is 0 Å². The summed E-state index contributed by atoms with van der Waals surface area (Å²) in [5.74, 6) is 1.29. The third kappa shape index (κ3) is 1.54. The average Bonchev–Trinajstić information content (AvgIpc) is 2.60. The minimum atomic E-state index is -0.129. The van der Waals surface area contributed by atoms with E-state index in [-0.39, 0.29) is 10.9 Å². The van der Waals surface area contributed by atoms with Gasteiger partial charge in [0.15, 0.2) is 0 Å². The molecule has 0 heterocycles. The molecule has 1 saturated carbocycles. The number of hydrogen-bond donors (Lipinski definition) is 2. The summed E-state index contributed by atoms with van der Waals surface area (Å²) in [5, 5.41) is 9.96. The Balaban J connectivity index is 2.18. The fourth-order valence-corrected chi connectivity index (χ4v) is 5.38. The molecule has 18 heavy (non-hydrogen) atoms. The lowest BCUT2D eigenvalue weighted by molar-refractivity contribution is 0.157. The van der Waals surface area contributed by atoms with Crippen molar-refractivity contribution in [2.24, 2.45) is 5.92 Å². The average molecular weight is 264 g/mol. The molecule has 2 heteroatoms. The Hall–Kier alpha value is -0.630. The summed E-state index contributed by atoms with van der Waals surface area (Å²) < 4.78 is 0. The van der Waals surface area contributed by atoms with Gasteiger partial charge in [0.2, 0.25) is 0 Å². The van der Waals surface area contributed by atoms with Crippen LogP contribution in [0.5, 0.6) is 5.75 Å². The van der Waals surface area contributed by atoms with Crippen molar-refractivity contribution in [3.8, 4) is 5.75 Å². The van der Waals surface area contributed by atoms with Crippen LogP contribution in [0.4, 0.5) is 0 Å². The molecule has 1 aromatic carbocycles. The van der Waals surface area contributed by atoms with Gasteiger partial charge in [-0.1, -0.05) is 19.8 Å². The Labute approximate surface area is 113 Å². The zero-order valence-corrected chi connectivity index (χ0v) is 12.6. The van der Waals surface area contributed by atoms with Crippen LogP contribution in [0.1, 0.15) is 43.7 Å². The highest BCUT2D eigenvalue weighted by Gasteiger charge is 2.51. The standard InChI is InChI=1S/C16H24OS/c1-4-12-8-11-9-13(17)10-14(18(2)3)15(11)16(12)6-5-7-16/h9-10,12,17-18H,4-8H2,1-3H3. The number of phenols is 1. The van der Waals surface area contributed by atoms with Crippen LogP contribution in [0.15, 0.2) is 17.0 Å². The molecule has 0 bridgehead atoms. The molecule has 0 radical (unpaired) electrons. The van der Waals surface area contributed by atoms with Crippen molar-refractivity contribution in [1.29, 1.82) is 0 Å². The van der Waals surface area contributed by atoms with Crippen molar-refractivity contribution < 1.29 is 5.11 Å². The highest BCUT2D eigenvalue weighted by molar-refractivity contribution is 8.15. The molecule has 2 aliphatic rings. The Morgan fingerprint density at radius 3 is 2.56 bits per heavy atom. The molecule has 100 valence electrons. The molecule has 1 N–H and O–H groups in total. The van der Waals surface area contributed by atoms with Crippen molar-refractivity contribution >= 4 is 10.9 Å². The lowest BCUT2D eigenvalue weighted by Gasteiger charge is -2.46. The van der Waals surface area contributed by atoms with E-state index in [2.05, 4.69) is 19.4 Å². The molecule has 1 spiro atoms. The van der Waals surface area contributed by atoms with Crippen LogP contribution in [0.2, 0.25) is 0 Å². The highest BCUT2D eigenvalue weighted by Crippen LogP contribution is 2.60. The number of benzene rings is 1. The normalized spacial score (nSPS) is 24.8. The van der Waals surface area contributed by atoms with Gasteiger partial charge in [0.1, 0.15) is 5.75 Å². The van der Waals surface area contributed by atoms with Crippen molar-refractivity contribution in [2.75, 3.05) is 12.5 Å². The second-order valence-electron chi connectivity index (χ2n) is 6.21. The third-order valence-electron chi connectivity index (χ3n) is 5.15. The Morgan fingerprint density at radius 2 is 2.06 bits per heavy atom. The number of hydrogen-bond acceptors (Lipinski definition) is 1. The van der Waals surface area contributed by atoms with Gasteiger partial charge in [-0.2, -0.15) is 0 Å². The first-order chi connectivity index (χ1) is 8.58. The minimum Gasteiger partial charge on any atom is -0.508 e. The first-order valence-electron chi connectivity index (χ1n) is 7.12. The van der Waals surface area contributed by atoms with Gasteiger partial charge in [-0.3, -0.25) is 0 Å². The molecule has 0 amide bonds. The predicted octanol–water partition coefficient (Wildman–Crippen LogP) is 4.02. The summed E-state index contributed by atoms with van der Waals surface area (Å²) in [7, 11) is -0.129. The summed E-state index contributed by atoms with van der Waals surface area (Å²) in [5.41, 5.74) is 3.59. The quantitative estimate of drug-likeness (QED) is 0.773. The summed E-state index contributed by atoms with van der Waals surface area (Å²) in [6, 6.07) is 4.08. The Kier molecular flexibility index (Phi) is 2.89. The first-order valence-corrected chi connectivity index (χ1v) is 9.36. The van der Waals surface area contributed by atoms with E-state index in [1.54, 1.807) is 5.56 Å². The number of fused-ring (bicyclic) bond motifs is 2. The van der Waals surface area contributed by atoms with E-state index >= 15 is 0 Å². The fraction of sp³-hybridized carbons (Fsp3) is 0.625. The van der Waals surface area contributed by atoms with Crippen LogP contribution in [-0.4, -0.2) is 17.6 Å². The molecule has 2 aliphatic carbocycles. The van der Waals surface area contributed by atoms with Crippen LogP contribution in [-0.2, 0) is 11.8 Å². The molecule has 0 aliphatic heterocycles. The van der Waals surface area contributed by atoms with Gasteiger partial charge in [0.05, 0.1) is 0 Å². The Bertz CT molecular complexity index is 474. The molecule has 1 fully saturated rings. The fourth-order valence-electron chi connectivity index (χ4n) is 4.17. The predicted molar refractivity (Wildman–Crippen MR) is 80.2 cm³/mol. The lowest BCUT2D eigenvalue weighted by atomic mass is 9.60. The van der Waals surface area contributed by atoms with E-state index in [0.29, 0.717) is 11.2 Å². The first kappa shape index (κ1) is 12.4. The van der Waals surface area contributed by atoms with Crippen LogP contribution >= 0.6 is 10.9 Å². The minimum absolute atomic E-state index is 0.129. The van der Waals surface area contributed by atoms with E-state index in [4.69, 9.17) is 0 Å². The number of aromatic hydroxyl groups is 1. The molecule has 1 aromatic rings. The zero-order chi connectivity index (χ0) is 12.9. The maximum absolute atomic E-state index is 9.96. The molecule has 3 rings (SSSR count). The van der Waals surface area contributed by atoms with Gasteiger partial charge in [0.25, 0.3) is 0 Å².